The molecule has 1 atom stereocenters. The van der Waals surface area contributed by atoms with Crippen LogP contribution in [0.4, 0.5) is 5.82 Å². The summed E-state index contributed by atoms with van der Waals surface area (Å²) in [6, 6.07) is 2.35. The highest BCUT2D eigenvalue weighted by atomic mass is 79.9. The zero-order valence-corrected chi connectivity index (χ0v) is 11.1. The summed E-state index contributed by atoms with van der Waals surface area (Å²) in [4.78, 5) is 8.18. The summed E-state index contributed by atoms with van der Waals surface area (Å²) in [5.74, 6) is 1.58. The van der Waals surface area contributed by atoms with Crippen LogP contribution in [0.5, 0.6) is 0 Å². The van der Waals surface area contributed by atoms with E-state index in [0.717, 1.165) is 10.4 Å². The first-order chi connectivity index (χ1) is 7.17. The first-order valence-corrected chi connectivity index (χ1v) is 6.20. The Hall–Kier alpha value is -0.640. The number of hydrogen-bond acceptors (Lipinski definition) is 3. The van der Waals surface area contributed by atoms with Gasteiger partial charge in [0.2, 0.25) is 0 Å². The molecule has 0 aliphatic heterocycles. The molecule has 1 unspecified atom stereocenters. The van der Waals surface area contributed by atoms with Gasteiger partial charge in [0, 0.05) is 12.1 Å². The van der Waals surface area contributed by atoms with Gasteiger partial charge in [0.1, 0.15) is 16.7 Å². The Morgan fingerprint density at radius 1 is 1.33 bits per heavy atom. The molecule has 4 heteroatoms. The van der Waals surface area contributed by atoms with Gasteiger partial charge in [-0.15, -0.1) is 0 Å². The van der Waals surface area contributed by atoms with Crippen molar-refractivity contribution in [3.63, 3.8) is 0 Å². The lowest BCUT2D eigenvalue weighted by Gasteiger charge is -2.22. The van der Waals surface area contributed by atoms with E-state index in [0.29, 0.717) is 12.0 Å². The summed E-state index contributed by atoms with van der Waals surface area (Å²) >= 11 is 3.33. The van der Waals surface area contributed by atoms with Crippen molar-refractivity contribution in [1.29, 1.82) is 0 Å². The first-order valence-electron chi connectivity index (χ1n) is 5.41. The molecule has 1 rings (SSSR count). The minimum Gasteiger partial charge on any atom is -0.367 e. The summed E-state index contributed by atoms with van der Waals surface area (Å²) in [5.41, 5.74) is 0. The molecule has 1 N–H and O–H groups in total. The number of aromatic nitrogens is 2. The van der Waals surface area contributed by atoms with Gasteiger partial charge < -0.3 is 5.32 Å². The lowest BCUT2D eigenvalue weighted by Crippen LogP contribution is -2.25. The highest BCUT2D eigenvalue weighted by Gasteiger charge is 2.13. The van der Waals surface area contributed by atoms with Crippen LogP contribution in [0.25, 0.3) is 0 Å². The van der Waals surface area contributed by atoms with Crippen LogP contribution in [0.3, 0.4) is 0 Å². The van der Waals surface area contributed by atoms with E-state index in [1.54, 1.807) is 6.33 Å². The van der Waals surface area contributed by atoms with Crippen LogP contribution in [0, 0.1) is 5.92 Å². The van der Waals surface area contributed by atoms with Crippen molar-refractivity contribution in [3.8, 4) is 0 Å². The zero-order chi connectivity index (χ0) is 11.3. The van der Waals surface area contributed by atoms with E-state index in [-0.39, 0.29) is 0 Å². The molecule has 0 saturated heterocycles. The van der Waals surface area contributed by atoms with E-state index in [4.69, 9.17) is 0 Å². The lowest BCUT2D eigenvalue weighted by molar-refractivity contribution is 0.437. The summed E-state index contributed by atoms with van der Waals surface area (Å²) < 4.78 is 0.816. The van der Waals surface area contributed by atoms with Crippen LogP contribution < -0.4 is 5.32 Å². The number of nitrogens with zero attached hydrogens (tertiary/aromatic N) is 2. The molecule has 3 nitrogen and oxygen atoms in total. The average molecular weight is 272 g/mol. The van der Waals surface area contributed by atoms with Crippen LogP contribution in [-0.4, -0.2) is 16.0 Å². The van der Waals surface area contributed by atoms with E-state index in [1.165, 1.54) is 12.8 Å². The van der Waals surface area contributed by atoms with Gasteiger partial charge in [-0.1, -0.05) is 26.7 Å². The minimum absolute atomic E-state index is 0.446. The third-order valence-electron chi connectivity index (χ3n) is 2.77. The van der Waals surface area contributed by atoms with Gasteiger partial charge in [-0.2, -0.15) is 0 Å². The fraction of sp³-hybridized carbons (Fsp3) is 0.636. The molecule has 84 valence electrons. The maximum atomic E-state index is 4.18. The van der Waals surface area contributed by atoms with E-state index in [9.17, 15) is 0 Å². The molecule has 0 fully saturated rings. The SMILES string of the molecule is CCC(CC)C(C)Nc1cc(Br)ncn1. The van der Waals surface area contributed by atoms with Gasteiger partial charge in [-0.05, 0) is 28.8 Å². The Balaban J connectivity index is 2.61. The summed E-state index contributed by atoms with van der Waals surface area (Å²) in [5, 5.41) is 3.40. The van der Waals surface area contributed by atoms with Crippen LogP contribution in [0.15, 0.2) is 17.0 Å². The largest absolute Gasteiger partial charge is 0.367 e. The van der Waals surface area contributed by atoms with Crippen molar-refractivity contribution in [2.45, 2.75) is 39.7 Å². The molecule has 0 aliphatic carbocycles. The molecule has 0 amide bonds. The fourth-order valence-corrected chi connectivity index (χ4v) is 2.07. The third-order valence-corrected chi connectivity index (χ3v) is 3.20. The lowest BCUT2D eigenvalue weighted by atomic mass is 9.95. The maximum absolute atomic E-state index is 4.18. The van der Waals surface area contributed by atoms with Crippen LogP contribution in [0.2, 0.25) is 0 Å². The molecular formula is C11H18BrN3. The van der Waals surface area contributed by atoms with Crippen LogP contribution in [-0.2, 0) is 0 Å². The molecule has 1 heterocycles. The van der Waals surface area contributed by atoms with Gasteiger partial charge in [0.25, 0.3) is 0 Å². The van der Waals surface area contributed by atoms with Gasteiger partial charge in [-0.25, -0.2) is 9.97 Å². The minimum atomic E-state index is 0.446. The number of nitrogens with one attached hydrogen (secondary N) is 1. The molecular weight excluding hydrogens is 254 g/mol. The molecule has 0 bridgehead atoms. The molecule has 1 aromatic heterocycles. The standard InChI is InChI=1S/C11H18BrN3/c1-4-9(5-2)8(3)15-11-6-10(12)13-7-14-11/h6-9H,4-5H2,1-3H3,(H,13,14,15). The van der Waals surface area contributed by atoms with Crippen molar-refractivity contribution >= 4 is 21.7 Å². The second-order valence-corrected chi connectivity index (χ2v) is 4.55. The highest BCUT2D eigenvalue weighted by molar-refractivity contribution is 9.10. The Labute approximate surface area is 99.8 Å². The number of anilines is 1. The maximum Gasteiger partial charge on any atom is 0.130 e. The van der Waals surface area contributed by atoms with Crippen molar-refractivity contribution in [2.75, 3.05) is 5.32 Å². The Morgan fingerprint density at radius 3 is 2.53 bits per heavy atom. The van der Waals surface area contributed by atoms with Crippen molar-refractivity contribution in [2.24, 2.45) is 5.92 Å². The van der Waals surface area contributed by atoms with Gasteiger partial charge >= 0.3 is 0 Å². The van der Waals surface area contributed by atoms with Crippen molar-refractivity contribution < 1.29 is 0 Å². The topological polar surface area (TPSA) is 37.8 Å². The first kappa shape index (κ1) is 12.4. The highest BCUT2D eigenvalue weighted by Crippen LogP contribution is 2.17. The third kappa shape index (κ3) is 3.78. The van der Waals surface area contributed by atoms with E-state index in [1.807, 2.05) is 6.07 Å². The van der Waals surface area contributed by atoms with E-state index >= 15 is 0 Å². The molecule has 0 aromatic carbocycles. The molecule has 0 spiro atoms. The number of hydrogen-bond donors (Lipinski definition) is 1. The van der Waals surface area contributed by atoms with Gasteiger partial charge in [0.15, 0.2) is 0 Å². The van der Waals surface area contributed by atoms with E-state index < -0.39 is 0 Å². The molecule has 15 heavy (non-hydrogen) atoms. The Kier molecular flexibility index (Phi) is 5.02. The smallest absolute Gasteiger partial charge is 0.130 e. The quantitative estimate of drug-likeness (QED) is 0.834. The van der Waals surface area contributed by atoms with Crippen molar-refractivity contribution in [3.05, 3.63) is 17.0 Å². The molecule has 0 saturated carbocycles. The summed E-state index contributed by atoms with van der Waals surface area (Å²) in [6.07, 6.45) is 3.94. The second-order valence-electron chi connectivity index (χ2n) is 3.74. The number of halogens is 1. The summed E-state index contributed by atoms with van der Waals surface area (Å²) in [7, 11) is 0. The Bertz CT molecular complexity index is 300. The molecule has 1 aromatic rings. The zero-order valence-electron chi connectivity index (χ0n) is 9.50. The van der Waals surface area contributed by atoms with Crippen LogP contribution >= 0.6 is 15.9 Å². The molecule has 0 radical (unpaired) electrons. The number of rotatable bonds is 5. The van der Waals surface area contributed by atoms with Crippen molar-refractivity contribution in [1.82, 2.24) is 9.97 Å². The monoisotopic (exact) mass is 271 g/mol. The predicted octanol–water partition coefficient (Wildman–Crippen LogP) is 3.48. The molecule has 0 aliphatic rings. The summed E-state index contributed by atoms with van der Waals surface area (Å²) in [6.45, 7) is 6.65. The second kappa shape index (κ2) is 6.05. The Morgan fingerprint density at radius 2 is 2.00 bits per heavy atom. The predicted molar refractivity (Wildman–Crippen MR) is 66.9 cm³/mol. The van der Waals surface area contributed by atoms with Gasteiger partial charge in [-0.3, -0.25) is 0 Å². The average Bonchev–Trinajstić information content (AvgIpc) is 2.19. The van der Waals surface area contributed by atoms with Gasteiger partial charge in [0.05, 0.1) is 0 Å². The van der Waals surface area contributed by atoms with E-state index in [2.05, 4.69) is 52.0 Å². The fourth-order valence-electron chi connectivity index (χ4n) is 1.76. The normalized spacial score (nSPS) is 12.9. The van der Waals surface area contributed by atoms with Crippen LogP contribution in [0.1, 0.15) is 33.6 Å².